The van der Waals surface area contributed by atoms with Gasteiger partial charge in [0, 0.05) is 0 Å². The van der Waals surface area contributed by atoms with E-state index in [1.165, 1.54) is 0 Å². The molecule has 14 N–H and O–H groups in total. The third-order valence-electron chi connectivity index (χ3n) is 8.20. The van der Waals surface area contributed by atoms with E-state index in [1.807, 2.05) is 0 Å². The lowest BCUT2D eigenvalue weighted by Gasteiger charge is -2.48. The third kappa shape index (κ3) is 7.74. The summed E-state index contributed by atoms with van der Waals surface area (Å²) in [7, 11) is 0. The van der Waals surface area contributed by atoms with Gasteiger partial charge in [0.15, 0.2) is 12.6 Å². The van der Waals surface area contributed by atoms with E-state index in [1.54, 1.807) is 0 Å². The predicted molar refractivity (Wildman–Crippen MR) is 147 cm³/mol. The van der Waals surface area contributed by atoms with E-state index in [0.717, 1.165) is 0 Å². The molecule has 1 unspecified atom stereocenters. The monoisotopic (exact) mass is 698 g/mol. The molecule has 19 nitrogen and oxygen atoms in total. The topological polar surface area (TPSA) is 329 Å². The minimum absolute atomic E-state index is 0.648. The highest BCUT2D eigenvalue weighted by Crippen LogP contribution is 2.41. The molecule has 45 heavy (non-hydrogen) atoms. The summed E-state index contributed by atoms with van der Waals surface area (Å²) in [5.41, 5.74) is -2.74. The van der Waals surface area contributed by atoms with E-state index in [0.29, 0.717) is 23.5 Å². The van der Waals surface area contributed by atoms with Gasteiger partial charge in [0.05, 0.1) is 61.3 Å². The van der Waals surface area contributed by atoms with Gasteiger partial charge in [-0.15, -0.1) is 23.5 Å². The molecule has 4 fully saturated rings. The van der Waals surface area contributed by atoms with Crippen LogP contribution in [0.4, 0.5) is 0 Å². The van der Waals surface area contributed by atoms with Crippen molar-refractivity contribution < 1.29 is 95.2 Å². The Kier molecular flexibility index (Phi) is 13.5. The minimum atomic E-state index is -1.89. The Labute approximate surface area is 264 Å². The first-order chi connectivity index (χ1) is 21.3. The zero-order valence-electron chi connectivity index (χ0n) is 23.5. The largest absolute Gasteiger partial charge is 0.394 e. The number of aliphatic hydroxyl groups is 14. The summed E-state index contributed by atoms with van der Waals surface area (Å²) in [4.78, 5) is 0. The molecule has 0 radical (unpaired) electrons. The second-order valence-electron chi connectivity index (χ2n) is 11.1. The quantitative estimate of drug-likeness (QED) is 0.101. The molecule has 4 heterocycles. The van der Waals surface area contributed by atoms with E-state index in [2.05, 4.69) is 0 Å². The highest BCUT2D eigenvalue weighted by molar-refractivity contribution is 8.00. The van der Waals surface area contributed by atoms with Crippen molar-refractivity contribution in [1.82, 2.24) is 0 Å². The fourth-order valence-electron chi connectivity index (χ4n) is 5.55. The molecule has 0 spiro atoms. The van der Waals surface area contributed by atoms with E-state index in [-0.39, 0.29) is 0 Å². The van der Waals surface area contributed by atoms with Gasteiger partial charge in [-0.25, -0.2) is 0 Å². The molecule has 4 aliphatic heterocycles. The van der Waals surface area contributed by atoms with Crippen LogP contribution in [-0.4, -0.2) is 217 Å². The van der Waals surface area contributed by atoms with Gasteiger partial charge in [-0.2, -0.15) is 0 Å². The Hall–Kier alpha value is -0.0600. The average Bonchev–Trinajstić information content (AvgIpc) is 3.03. The van der Waals surface area contributed by atoms with Crippen LogP contribution >= 0.6 is 23.5 Å². The molecule has 20 atom stereocenters. The first-order valence-electron chi connectivity index (χ1n) is 14.1. The molecule has 4 aliphatic rings. The van der Waals surface area contributed by atoms with Crippen molar-refractivity contribution in [2.24, 2.45) is 0 Å². The second-order valence-corrected chi connectivity index (χ2v) is 13.7. The zero-order valence-corrected chi connectivity index (χ0v) is 25.1. The molecule has 264 valence electrons. The van der Waals surface area contributed by atoms with Crippen molar-refractivity contribution in [2.75, 3.05) is 26.4 Å². The summed E-state index contributed by atoms with van der Waals surface area (Å²) in [6, 6.07) is 0. The number of ether oxygens (including phenoxy) is 5. The van der Waals surface area contributed by atoms with Gasteiger partial charge in [-0.1, -0.05) is 0 Å². The molecule has 0 aliphatic carbocycles. The lowest BCUT2D eigenvalue weighted by Crippen LogP contribution is -2.65. The molecule has 4 rings (SSSR count). The number of rotatable bonds is 10. The molecular formula is C24H42O19S2. The van der Waals surface area contributed by atoms with Gasteiger partial charge in [0.2, 0.25) is 0 Å². The van der Waals surface area contributed by atoms with Crippen molar-refractivity contribution in [3.05, 3.63) is 0 Å². The first kappa shape index (κ1) is 37.8. The van der Waals surface area contributed by atoms with E-state index in [9.17, 15) is 71.5 Å². The highest BCUT2D eigenvalue weighted by atomic mass is 32.2. The standard InChI is InChI=1S/C24H42O19S2/c25-1-5-9(29)10(30)16(36)23(41-5)45-20-8(4-28)40-22(15(35)13(20)33)43-18-6(2-26)42-24(17(37)11(18)31)44-19-7(3-27)39-21(38)14(34)12(19)32/h5-38H,1-4H2/t5-,6-,7-,8-,9-,10+,11-,12-,13-,14-,15-,16-,17-,18-,19-,20-,21?,22+,23+,24+/m1/s1. The Bertz CT molecular complexity index is 920. The van der Waals surface area contributed by atoms with Crippen LogP contribution in [0, 0.1) is 0 Å². The van der Waals surface area contributed by atoms with Crippen LogP contribution in [0.2, 0.25) is 0 Å². The second kappa shape index (κ2) is 16.1. The summed E-state index contributed by atoms with van der Waals surface area (Å²) < 4.78 is 27.5. The highest BCUT2D eigenvalue weighted by Gasteiger charge is 2.54. The van der Waals surface area contributed by atoms with Gasteiger partial charge in [0.25, 0.3) is 0 Å². The van der Waals surface area contributed by atoms with Gasteiger partial charge in [-0.05, 0) is 0 Å². The number of hydrogen-bond acceptors (Lipinski definition) is 21. The lowest BCUT2D eigenvalue weighted by molar-refractivity contribution is -0.320. The Morgan fingerprint density at radius 3 is 1.42 bits per heavy atom. The molecule has 4 saturated heterocycles. The summed E-state index contributed by atoms with van der Waals surface area (Å²) in [5, 5.41) is 141. The normalized spacial score (nSPS) is 52.9. The molecule has 0 amide bonds. The van der Waals surface area contributed by atoms with Crippen LogP contribution in [0.5, 0.6) is 0 Å². The molecule has 0 bridgehead atoms. The Balaban J connectivity index is 1.43. The van der Waals surface area contributed by atoms with Crippen LogP contribution in [0.25, 0.3) is 0 Å². The van der Waals surface area contributed by atoms with E-state index < -0.39 is 146 Å². The third-order valence-corrected chi connectivity index (χ3v) is 11.3. The van der Waals surface area contributed by atoms with Crippen LogP contribution in [0.3, 0.4) is 0 Å². The lowest BCUT2D eigenvalue weighted by atomic mass is 9.98. The van der Waals surface area contributed by atoms with Crippen LogP contribution < -0.4 is 0 Å². The maximum Gasteiger partial charge on any atom is 0.187 e. The summed E-state index contributed by atoms with van der Waals surface area (Å²) in [6.07, 6.45) is -26.1. The first-order valence-corrected chi connectivity index (χ1v) is 16.0. The Morgan fingerprint density at radius 2 is 0.889 bits per heavy atom. The molecule has 21 heteroatoms. The summed E-state index contributed by atoms with van der Waals surface area (Å²) in [5.74, 6) is 0. The van der Waals surface area contributed by atoms with Gasteiger partial charge >= 0.3 is 0 Å². The molecule has 0 aromatic carbocycles. The minimum Gasteiger partial charge on any atom is -0.394 e. The number of thioether (sulfide) groups is 2. The average molecular weight is 699 g/mol. The van der Waals surface area contributed by atoms with Crippen molar-refractivity contribution in [1.29, 1.82) is 0 Å². The van der Waals surface area contributed by atoms with Crippen molar-refractivity contribution in [3.8, 4) is 0 Å². The van der Waals surface area contributed by atoms with E-state index >= 15 is 0 Å². The van der Waals surface area contributed by atoms with Crippen LogP contribution in [0.15, 0.2) is 0 Å². The smallest absolute Gasteiger partial charge is 0.187 e. The summed E-state index contributed by atoms with van der Waals surface area (Å²) >= 11 is 1.30. The number of aliphatic hydroxyl groups excluding tert-OH is 14. The molecule has 0 saturated carbocycles. The van der Waals surface area contributed by atoms with E-state index in [4.69, 9.17) is 23.7 Å². The number of hydrogen-bond donors (Lipinski definition) is 14. The SMILES string of the molecule is OC[C@H]1O[C@@H](S[C@H]2[C@H](O)[C@@H](O)[C@H](O[C@H]3[C@H](O)[C@@H](O)[C@H](S[C@H]4[C@H](O)[C@@H](O)C(O)O[C@@H]4CO)O[C@@H]3CO)O[C@@H]2CO)[C@H](O)[C@@H](O)[C@@H]1O. The Morgan fingerprint density at radius 1 is 0.422 bits per heavy atom. The molecule has 0 aromatic rings. The van der Waals surface area contributed by atoms with Crippen molar-refractivity contribution >= 4 is 23.5 Å². The fourth-order valence-corrected chi connectivity index (χ4v) is 8.52. The van der Waals surface area contributed by atoms with Gasteiger partial charge in [0.1, 0.15) is 71.9 Å². The molecule has 0 aromatic heterocycles. The van der Waals surface area contributed by atoms with Gasteiger partial charge < -0.3 is 95.2 Å². The van der Waals surface area contributed by atoms with Crippen LogP contribution in [0.1, 0.15) is 0 Å². The molecular weight excluding hydrogens is 656 g/mol. The van der Waals surface area contributed by atoms with Gasteiger partial charge in [-0.3, -0.25) is 0 Å². The maximum atomic E-state index is 10.9. The fraction of sp³-hybridized carbons (Fsp3) is 1.00. The van der Waals surface area contributed by atoms with Crippen molar-refractivity contribution in [2.45, 2.75) is 119 Å². The van der Waals surface area contributed by atoms with Crippen LogP contribution in [-0.2, 0) is 23.7 Å². The zero-order chi connectivity index (χ0) is 33.3. The maximum absolute atomic E-state index is 10.9. The summed E-state index contributed by atoms with van der Waals surface area (Å²) in [6.45, 7) is -2.99. The predicted octanol–water partition coefficient (Wildman–Crippen LogP) is -8.32. The van der Waals surface area contributed by atoms with Crippen molar-refractivity contribution in [3.63, 3.8) is 0 Å².